The van der Waals surface area contributed by atoms with Crippen LogP contribution in [0.2, 0.25) is 0 Å². The average molecular weight is 435 g/mol. The number of benzene rings is 2. The van der Waals surface area contributed by atoms with Gasteiger partial charge in [0.1, 0.15) is 11.0 Å². The van der Waals surface area contributed by atoms with Gasteiger partial charge in [0.15, 0.2) is 11.2 Å². The summed E-state index contributed by atoms with van der Waals surface area (Å²) in [4.78, 5) is 33.8. The molecule has 0 atom stereocenters. The summed E-state index contributed by atoms with van der Waals surface area (Å²) in [5.74, 6) is 0.179. The maximum atomic E-state index is 12.5. The maximum absolute atomic E-state index is 12.5. The highest BCUT2D eigenvalue weighted by Gasteiger charge is 2.19. The summed E-state index contributed by atoms with van der Waals surface area (Å²) >= 11 is 0. The van der Waals surface area contributed by atoms with E-state index in [1.54, 1.807) is 0 Å². The smallest absolute Gasteiger partial charge is 0.264 e. The zero-order valence-electron chi connectivity index (χ0n) is 18.9. The molecule has 6 nitrogen and oxygen atoms in total. The van der Waals surface area contributed by atoms with Gasteiger partial charge in [-0.1, -0.05) is 52.4 Å². The molecule has 0 aliphatic heterocycles. The van der Waals surface area contributed by atoms with Crippen molar-refractivity contribution in [3.8, 4) is 0 Å². The second-order valence-corrected chi connectivity index (χ2v) is 8.43. The molecule has 32 heavy (non-hydrogen) atoms. The first-order chi connectivity index (χ1) is 15.6. The number of carbonyl (C=O) groups excluding carboxylic acids is 2. The lowest BCUT2D eigenvalue weighted by Gasteiger charge is -1.98. The molecule has 0 radical (unpaired) electrons. The van der Waals surface area contributed by atoms with Crippen LogP contribution >= 0.6 is 0 Å². The van der Waals surface area contributed by atoms with Crippen molar-refractivity contribution in [3.05, 3.63) is 36.0 Å². The summed E-state index contributed by atoms with van der Waals surface area (Å²) in [6, 6.07) is 7.42. The highest BCUT2D eigenvalue weighted by atomic mass is 16.4. The van der Waals surface area contributed by atoms with E-state index >= 15 is 0 Å². The summed E-state index contributed by atoms with van der Waals surface area (Å²) < 4.78 is 11.8. The fourth-order valence-corrected chi connectivity index (χ4v) is 4.05. The second kappa shape index (κ2) is 10.1. The molecule has 0 saturated carbocycles. The molecule has 0 aliphatic carbocycles. The number of carbonyl (C=O) groups is 2. The van der Waals surface area contributed by atoms with Gasteiger partial charge in [-0.25, -0.2) is 9.97 Å². The van der Waals surface area contributed by atoms with Gasteiger partial charge in [0.2, 0.25) is 11.6 Å². The number of rotatable bonds is 12. The first-order valence-electron chi connectivity index (χ1n) is 11.8. The molecule has 0 saturated heterocycles. The first-order valence-corrected chi connectivity index (χ1v) is 11.8. The summed E-state index contributed by atoms with van der Waals surface area (Å²) in [6.45, 7) is 4.29. The molecule has 4 rings (SSSR count). The van der Waals surface area contributed by atoms with Crippen LogP contribution < -0.4 is 0 Å². The minimum absolute atomic E-state index is 0.0675. The fourth-order valence-electron chi connectivity index (χ4n) is 4.05. The van der Waals surface area contributed by atoms with Crippen molar-refractivity contribution in [3.63, 3.8) is 0 Å². The Kier molecular flexibility index (Phi) is 6.98. The quantitative estimate of drug-likeness (QED) is 0.170. The Bertz CT molecular complexity index is 1150. The van der Waals surface area contributed by atoms with Crippen molar-refractivity contribution in [2.75, 3.05) is 0 Å². The molecule has 0 bridgehead atoms. The molecular formula is C26H30N2O4. The Hall–Kier alpha value is -3.02. The van der Waals surface area contributed by atoms with Crippen molar-refractivity contribution < 1.29 is 18.4 Å². The van der Waals surface area contributed by atoms with Crippen LogP contribution in [-0.2, 0) is 0 Å². The van der Waals surface area contributed by atoms with Crippen LogP contribution in [0.5, 0.6) is 0 Å². The van der Waals surface area contributed by atoms with E-state index in [-0.39, 0.29) is 23.3 Å². The molecule has 0 fully saturated rings. The molecule has 0 amide bonds. The topological polar surface area (TPSA) is 86.2 Å². The summed E-state index contributed by atoms with van der Waals surface area (Å²) in [5, 5.41) is 1.59. The van der Waals surface area contributed by atoms with E-state index in [2.05, 4.69) is 23.8 Å². The second-order valence-electron chi connectivity index (χ2n) is 8.43. The van der Waals surface area contributed by atoms with E-state index in [0.717, 1.165) is 62.1 Å². The van der Waals surface area contributed by atoms with Crippen molar-refractivity contribution in [1.82, 2.24) is 9.97 Å². The molecule has 0 aliphatic rings. The van der Waals surface area contributed by atoms with E-state index < -0.39 is 0 Å². The van der Waals surface area contributed by atoms with Crippen molar-refractivity contribution in [1.29, 1.82) is 0 Å². The SMILES string of the molecule is CCCCCCC(=O)c1nc2ccc3c(ccc4nc(C(=O)CCCCCC)oc43)c2o1. The highest BCUT2D eigenvalue weighted by Crippen LogP contribution is 2.32. The normalized spacial score (nSPS) is 11.7. The van der Waals surface area contributed by atoms with Crippen LogP contribution in [0.4, 0.5) is 0 Å². The molecule has 2 aromatic heterocycles. The Morgan fingerprint density at radius 1 is 0.656 bits per heavy atom. The van der Waals surface area contributed by atoms with Crippen LogP contribution in [0.3, 0.4) is 0 Å². The molecule has 2 aromatic carbocycles. The Balaban J connectivity index is 1.60. The maximum Gasteiger partial charge on any atom is 0.264 e. The van der Waals surface area contributed by atoms with Crippen LogP contribution in [-0.4, -0.2) is 21.5 Å². The molecule has 4 aromatic rings. The van der Waals surface area contributed by atoms with Gasteiger partial charge < -0.3 is 8.83 Å². The highest BCUT2D eigenvalue weighted by molar-refractivity contribution is 6.13. The number of fused-ring (bicyclic) bond motifs is 5. The lowest BCUT2D eigenvalue weighted by Crippen LogP contribution is -1.98. The summed E-state index contributed by atoms with van der Waals surface area (Å²) in [7, 11) is 0. The van der Waals surface area contributed by atoms with E-state index in [1.807, 2.05) is 24.3 Å². The number of oxazole rings is 2. The predicted molar refractivity (Wildman–Crippen MR) is 125 cm³/mol. The third kappa shape index (κ3) is 4.59. The fraction of sp³-hybridized carbons (Fsp3) is 0.462. The molecule has 0 N–H and O–H groups in total. The number of unbranched alkanes of at least 4 members (excludes halogenated alkanes) is 6. The minimum atomic E-state index is -0.0675. The largest absolute Gasteiger partial charge is 0.433 e. The molecule has 6 heteroatoms. The van der Waals surface area contributed by atoms with Crippen LogP contribution in [0.25, 0.3) is 33.0 Å². The van der Waals surface area contributed by atoms with Crippen molar-refractivity contribution in [2.24, 2.45) is 0 Å². The monoisotopic (exact) mass is 434 g/mol. The molecule has 168 valence electrons. The summed E-state index contributed by atoms with van der Waals surface area (Å²) in [5.41, 5.74) is 2.40. The lowest BCUT2D eigenvalue weighted by atomic mass is 10.1. The van der Waals surface area contributed by atoms with Gasteiger partial charge in [-0.05, 0) is 37.1 Å². The van der Waals surface area contributed by atoms with Gasteiger partial charge in [-0.2, -0.15) is 0 Å². The standard InChI is InChI=1S/C26H30N2O4/c1-3-5-7-9-11-21(29)25-27-19-15-13-18-17(23(19)31-25)14-16-20-24(18)32-26(28-20)22(30)12-10-8-6-4-2/h13-16H,3-12H2,1-2H3. The average Bonchev–Trinajstić information content (AvgIpc) is 3.43. The minimum Gasteiger partial charge on any atom is -0.433 e. The van der Waals surface area contributed by atoms with Gasteiger partial charge in [0.05, 0.1) is 0 Å². The number of nitrogens with zero attached hydrogens (tertiary/aromatic N) is 2. The van der Waals surface area contributed by atoms with Crippen LogP contribution in [0.15, 0.2) is 33.1 Å². The number of hydrogen-bond donors (Lipinski definition) is 0. The Labute approximate surface area is 187 Å². The zero-order chi connectivity index (χ0) is 22.5. The van der Waals surface area contributed by atoms with Gasteiger partial charge in [0, 0.05) is 23.6 Å². The van der Waals surface area contributed by atoms with E-state index in [4.69, 9.17) is 8.83 Å². The predicted octanol–water partition coefficient (Wildman–Crippen LogP) is 7.43. The molecular weight excluding hydrogens is 404 g/mol. The van der Waals surface area contributed by atoms with Crippen molar-refractivity contribution >= 4 is 44.5 Å². The first kappa shape index (κ1) is 22.2. The Morgan fingerprint density at radius 2 is 1.09 bits per heavy atom. The Morgan fingerprint density at radius 3 is 1.50 bits per heavy atom. The zero-order valence-corrected chi connectivity index (χ0v) is 18.9. The molecule has 2 heterocycles. The number of Topliss-reactive ketones (excluding diaryl/α,β-unsaturated/α-hetero) is 2. The number of ketones is 2. The van der Waals surface area contributed by atoms with Crippen LogP contribution in [0.1, 0.15) is 99.4 Å². The molecule has 0 spiro atoms. The third-order valence-corrected chi connectivity index (χ3v) is 5.89. The van der Waals surface area contributed by atoms with Gasteiger partial charge in [-0.15, -0.1) is 0 Å². The van der Waals surface area contributed by atoms with Gasteiger partial charge in [-0.3, -0.25) is 9.59 Å². The number of hydrogen-bond acceptors (Lipinski definition) is 6. The van der Waals surface area contributed by atoms with Gasteiger partial charge in [0.25, 0.3) is 11.8 Å². The van der Waals surface area contributed by atoms with E-state index in [1.165, 1.54) is 0 Å². The van der Waals surface area contributed by atoms with Crippen LogP contribution in [0, 0.1) is 0 Å². The lowest BCUT2D eigenvalue weighted by molar-refractivity contribution is 0.0940. The van der Waals surface area contributed by atoms with Gasteiger partial charge >= 0.3 is 0 Å². The van der Waals surface area contributed by atoms with E-state index in [9.17, 15) is 9.59 Å². The third-order valence-electron chi connectivity index (χ3n) is 5.89. The van der Waals surface area contributed by atoms with Crippen molar-refractivity contribution in [2.45, 2.75) is 78.1 Å². The number of aromatic nitrogens is 2. The summed E-state index contributed by atoms with van der Waals surface area (Å²) in [6.07, 6.45) is 9.17. The molecule has 0 unspecified atom stereocenters. The van der Waals surface area contributed by atoms with E-state index in [0.29, 0.717) is 35.0 Å².